The first-order chi connectivity index (χ1) is 5.24. The fraction of sp³-hybridized carbons (Fsp3) is 0.857. The number of carboxylic acids is 1. The van der Waals surface area contributed by atoms with Crippen molar-refractivity contribution in [2.45, 2.75) is 18.1 Å². The van der Waals surface area contributed by atoms with Crippen LogP contribution < -0.4 is 0 Å². The van der Waals surface area contributed by atoms with Gasteiger partial charge in [-0.1, -0.05) is 0 Å². The Balaban J connectivity index is 2.37. The van der Waals surface area contributed by atoms with Crippen molar-refractivity contribution in [3.05, 3.63) is 0 Å². The van der Waals surface area contributed by atoms with Crippen LogP contribution in [0, 0.1) is 5.92 Å². The lowest BCUT2D eigenvalue weighted by molar-refractivity contribution is -0.137. The Morgan fingerprint density at radius 1 is 1.64 bits per heavy atom. The van der Waals surface area contributed by atoms with Crippen molar-refractivity contribution in [1.82, 2.24) is 0 Å². The molecule has 2 atom stereocenters. The van der Waals surface area contributed by atoms with E-state index in [0.29, 0.717) is 0 Å². The standard InChI is InChI=1S/C7H12O3S/c8-4-5-1-2-11-6(5)3-7(9)10/h5-6,8H,1-4H2,(H,9,10)/t5-,6-/m1/s1. The van der Waals surface area contributed by atoms with Gasteiger partial charge < -0.3 is 10.2 Å². The molecule has 0 aromatic rings. The van der Waals surface area contributed by atoms with Gasteiger partial charge in [0.1, 0.15) is 0 Å². The number of carboxylic acid groups (broad SMARTS) is 1. The molecule has 0 bridgehead atoms. The molecule has 4 heteroatoms. The first-order valence-electron chi connectivity index (χ1n) is 3.68. The van der Waals surface area contributed by atoms with E-state index in [4.69, 9.17) is 10.2 Å². The zero-order valence-corrected chi connectivity index (χ0v) is 7.01. The Labute approximate surface area is 69.8 Å². The third-order valence-corrected chi connectivity index (χ3v) is 3.41. The van der Waals surface area contributed by atoms with Crippen molar-refractivity contribution in [3.8, 4) is 0 Å². The molecule has 1 aliphatic rings. The number of aliphatic carboxylic acids is 1. The summed E-state index contributed by atoms with van der Waals surface area (Å²) in [5.41, 5.74) is 0. The van der Waals surface area contributed by atoms with Gasteiger partial charge in [0.25, 0.3) is 0 Å². The summed E-state index contributed by atoms with van der Waals surface area (Å²) < 4.78 is 0. The maximum absolute atomic E-state index is 10.3. The summed E-state index contributed by atoms with van der Waals surface area (Å²) in [7, 11) is 0. The third kappa shape index (κ3) is 2.38. The number of aliphatic hydroxyl groups is 1. The minimum Gasteiger partial charge on any atom is -0.481 e. The molecule has 0 aromatic heterocycles. The summed E-state index contributed by atoms with van der Waals surface area (Å²) in [4.78, 5) is 10.3. The van der Waals surface area contributed by atoms with Crippen molar-refractivity contribution in [3.63, 3.8) is 0 Å². The zero-order valence-electron chi connectivity index (χ0n) is 6.19. The van der Waals surface area contributed by atoms with E-state index >= 15 is 0 Å². The van der Waals surface area contributed by atoms with Crippen LogP contribution in [0.3, 0.4) is 0 Å². The number of hydrogen-bond acceptors (Lipinski definition) is 3. The summed E-state index contributed by atoms with van der Waals surface area (Å²) >= 11 is 1.66. The van der Waals surface area contributed by atoms with E-state index in [-0.39, 0.29) is 24.2 Å². The summed E-state index contributed by atoms with van der Waals surface area (Å²) in [5, 5.41) is 17.5. The molecule has 11 heavy (non-hydrogen) atoms. The van der Waals surface area contributed by atoms with Gasteiger partial charge in [-0.2, -0.15) is 11.8 Å². The molecular formula is C7H12O3S. The van der Waals surface area contributed by atoms with Crippen LogP contribution in [0.15, 0.2) is 0 Å². The largest absolute Gasteiger partial charge is 0.481 e. The second kappa shape index (κ2) is 3.97. The van der Waals surface area contributed by atoms with E-state index in [2.05, 4.69) is 0 Å². The Hall–Kier alpha value is -0.220. The molecule has 0 saturated carbocycles. The molecule has 64 valence electrons. The highest BCUT2D eigenvalue weighted by Crippen LogP contribution is 2.33. The molecule has 1 rings (SSSR count). The normalized spacial score (nSPS) is 30.6. The Bertz CT molecular complexity index is 149. The molecule has 2 N–H and O–H groups in total. The van der Waals surface area contributed by atoms with Gasteiger partial charge in [0.05, 0.1) is 6.42 Å². The van der Waals surface area contributed by atoms with Crippen LogP contribution in [0.5, 0.6) is 0 Å². The lowest BCUT2D eigenvalue weighted by Gasteiger charge is -2.12. The maximum atomic E-state index is 10.3. The molecule has 0 aliphatic carbocycles. The topological polar surface area (TPSA) is 57.5 Å². The Morgan fingerprint density at radius 3 is 2.91 bits per heavy atom. The van der Waals surface area contributed by atoms with E-state index in [1.807, 2.05) is 0 Å². The van der Waals surface area contributed by atoms with E-state index < -0.39 is 5.97 Å². The zero-order chi connectivity index (χ0) is 8.27. The predicted octanol–water partition coefficient (Wildman–Crippen LogP) is 0.575. The highest BCUT2D eigenvalue weighted by Gasteiger charge is 2.28. The van der Waals surface area contributed by atoms with E-state index in [1.54, 1.807) is 11.8 Å². The molecule has 0 aromatic carbocycles. The van der Waals surface area contributed by atoms with Gasteiger partial charge in [0, 0.05) is 11.9 Å². The van der Waals surface area contributed by atoms with Gasteiger partial charge in [-0.05, 0) is 18.1 Å². The number of aliphatic hydroxyl groups excluding tert-OH is 1. The maximum Gasteiger partial charge on any atom is 0.304 e. The smallest absolute Gasteiger partial charge is 0.304 e. The predicted molar refractivity (Wildman–Crippen MR) is 43.7 cm³/mol. The lowest BCUT2D eigenvalue weighted by atomic mass is 10.0. The van der Waals surface area contributed by atoms with E-state index in [9.17, 15) is 4.79 Å². The highest BCUT2D eigenvalue weighted by atomic mass is 32.2. The Kier molecular flexibility index (Phi) is 3.20. The quantitative estimate of drug-likeness (QED) is 0.660. The second-order valence-electron chi connectivity index (χ2n) is 2.74. The van der Waals surface area contributed by atoms with Crippen LogP contribution in [-0.4, -0.2) is 33.8 Å². The second-order valence-corrected chi connectivity index (χ2v) is 4.09. The summed E-state index contributed by atoms with van der Waals surface area (Å²) in [6.45, 7) is 0.130. The molecule has 0 spiro atoms. The minimum absolute atomic E-state index is 0.130. The fourth-order valence-electron chi connectivity index (χ4n) is 1.30. The van der Waals surface area contributed by atoms with Gasteiger partial charge in [-0.25, -0.2) is 0 Å². The van der Waals surface area contributed by atoms with Gasteiger partial charge >= 0.3 is 5.97 Å². The molecule has 1 heterocycles. The average molecular weight is 176 g/mol. The SMILES string of the molecule is O=C(O)C[C@H]1SCC[C@@H]1CO. The van der Waals surface area contributed by atoms with Crippen LogP contribution >= 0.6 is 11.8 Å². The number of hydrogen-bond donors (Lipinski definition) is 2. The van der Waals surface area contributed by atoms with Gasteiger partial charge in [-0.3, -0.25) is 4.79 Å². The fourth-order valence-corrected chi connectivity index (χ4v) is 2.80. The molecule has 1 saturated heterocycles. The van der Waals surface area contributed by atoms with Crippen molar-refractivity contribution in [2.24, 2.45) is 5.92 Å². The van der Waals surface area contributed by atoms with Crippen molar-refractivity contribution in [1.29, 1.82) is 0 Å². The number of rotatable bonds is 3. The Morgan fingerprint density at radius 2 is 2.36 bits per heavy atom. The summed E-state index contributed by atoms with van der Waals surface area (Å²) in [6, 6.07) is 0. The third-order valence-electron chi connectivity index (χ3n) is 1.96. The molecule has 0 unspecified atom stereocenters. The summed E-state index contributed by atoms with van der Waals surface area (Å²) in [6.07, 6.45) is 1.15. The van der Waals surface area contributed by atoms with Crippen LogP contribution in [0.1, 0.15) is 12.8 Å². The first kappa shape index (κ1) is 8.87. The van der Waals surface area contributed by atoms with Crippen LogP contribution in [0.2, 0.25) is 0 Å². The molecule has 1 fully saturated rings. The molecule has 1 aliphatic heterocycles. The van der Waals surface area contributed by atoms with Crippen LogP contribution in [0.25, 0.3) is 0 Å². The first-order valence-corrected chi connectivity index (χ1v) is 4.73. The minimum atomic E-state index is -0.761. The molecular weight excluding hydrogens is 164 g/mol. The number of thioether (sulfide) groups is 1. The van der Waals surface area contributed by atoms with Crippen LogP contribution in [-0.2, 0) is 4.79 Å². The van der Waals surface area contributed by atoms with Gasteiger partial charge in [-0.15, -0.1) is 0 Å². The van der Waals surface area contributed by atoms with Gasteiger partial charge in [0.2, 0.25) is 0 Å². The molecule has 0 radical (unpaired) electrons. The lowest BCUT2D eigenvalue weighted by Crippen LogP contribution is -2.18. The number of carbonyl (C=O) groups is 1. The highest BCUT2D eigenvalue weighted by molar-refractivity contribution is 8.00. The summed E-state index contributed by atoms with van der Waals surface area (Å²) in [5.74, 6) is 0.433. The van der Waals surface area contributed by atoms with Crippen LogP contribution in [0.4, 0.5) is 0 Å². The average Bonchev–Trinajstić information content (AvgIpc) is 2.34. The van der Waals surface area contributed by atoms with Crippen molar-refractivity contribution < 1.29 is 15.0 Å². The molecule has 0 amide bonds. The molecule has 3 nitrogen and oxygen atoms in total. The van der Waals surface area contributed by atoms with Crippen molar-refractivity contribution in [2.75, 3.05) is 12.4 Å². The van der Waals surface area contributed by atoms with Crippen molar-refractivity contribution >= 4 is 17.7 Å². The van der Waals surface area contributed by atoms with E-state index in [1.165, 1.54) is 0 Å². The van der Waals surface area contributed by atoms with Gasteiger partial charge in [0.15, 0.2) is 0 Å². The monoisotopic (exact) mass is 176 g/mol. The van der Waals surface area contributed by atoms with E-state index in [0.717, 1.165) is 12.2 Å².